The van der Waals surface area contributed by atoms with Crippen molar-refractivity contribution in [3.8, 4) is 0 Å². The molecule has 3 heterocycles. The average molecular weight is 351 g/mol. The zero-order valence-corrected chi connectivity index (χ0v) is 14.0. The molecule has 1 saturated heterocycles. The maximum atomic E-state index is 11.9. The standard InChI is InChI=1S/C15H21N5O5/c1-8(2)24-5-11(23)19-14-13-15(17-6-16-14)20(7-18-13)12-3-9(22)10(4-21)25-12/h6-10,12,21-22H,3-5H2,1-2H3,(H,16,17,19,23)/t9-,10+,12+/m0/s1. The van der Waals surface area contributed by atoms with Crippen molar-refractivity contribution < 1.29 is 24.5 Å². The Kier molecular flexibility index (Phi) is 5.23. The lowest BCUT2D eigenvalue weighted by molar-refractivity contribution is -0.121. The van der Waals surface area contributed by atoms with Crippen LogP contribution in [0.1, 0.15) is 26.5 Å². The summed E-state index contributed by atoms with van der Waals surface area (Å²) in [5.74, 6) is -0.0607. The summed E-state index contributed by atoms with van der Waals surface area (Å²) in [5, 5.41) is 21.7. The molecule has 10 nitrogen and oxygen atoms in total. The Hall–Kier alpha value is -2.14. The van der Waals surface area contributed by atoms with Crippen LogP contribution < -0.4 is 5.32 Å². The number of rotatable bonds is 6. The van der Waals surface area contributed by atoms with E-state index in [1.54, 1.807) is 4.57 Å². The topological polar surface area (TPSA) is 132 Å². The number of aliphatic hydroxyl groups is 2. The van der Waals surface area contributed by atoms with Gasteiger partial charge in [-0.2, -0.15) is 0 Å². The molecule has 3 N–H and O–H groups in total. The zero-order chi connectivity index (χ0) is 18.0. The first-order chi connectivity index (χ1) is 12.0. The lowest BCUT2D eigenvalue weighted by Gasteiger charge is -2.13. The summed E-state index contributed by atoms with van der Waals surface area (Å²) in [7, 11) is 0. The van der Waals surface area contributed by atoms with Gasteiger partial charge in [0.1, 0.15) is 25.3 Å². The fraction of sp³-hybridized carbons (Fsp3) is 0.600. The van der Waals surface area contributed by atoms with Gasteiger partial charge in [0.2, 0.25) is 0 Å². The molecule has 10 heteroatoms. The normalized spacial score (nSPS) is 23.5. The summed E-state index contributed by atoms with van der Waals surface area (Å²) in [6.07, 6.45) is 1.18. The maximum absolute atomic E-state index is 11.9. The highest BCUT2D eigenvalue weighted by molar-refractivity contribution is 5.97. The predicted octanol–water partition coefficient (Wildman–Crippen LogP) is -0.170. The Morgan fingerprint density at radius 2 is 2.28 bits per heavy atom. The van der Waals surface area contributed by atoms with Gasteiger partial charge in [0.05, 0.1) is 25.1 Å². The molecule has 1 fully saturated rings. The number of hydrogen-bond donors (Lipinski definition) is 3. The van der Waals surface area contributed by atoms with Crippen molar-refractivity contribution in [3.63, 3.8) is 0 Å². The van der Waals surface area contributed by atoms with E-state index in [4.69, 9.17) is 9.47 Å². The molecule has 0 aliphatic carbocycles. The third-order valence-electron chi connectivity index (χ3n) is 3.86. The van der Waals surface area contributed by atoms with Crippen molar-refractivity contribution >= 4 is 22.9 Å². The molecule has 2 aromatic heterocycles. The Labute approximate surface area is 143 Å². The van der Waals surface area contributed by atoms with Crippen LogP contribution >= 0.6 is 0 Å². The van der Waals surface area contributed by atoms with Gasteiger partial charge < -0.3 is 25.0 Å². The summed E-state index contributed by atoms with van der Waals surface area (Å²) in [6.45, 7) is 3.33. The monoisotopic (exact) mass is 351 g/mol. The minimum Gasteiger partial charge on any atom is -0.394 e. The molecule has 1 aliphatic heterocycles. The van der Waals surface area contributed by atoms with E-state index in [9.17, 15) is 15.0 Å². The molecule has 0 saturated carbocycles. The minimum atomic E-state index is -0.762. The first-order valence-corrected chi connectivity index (χ1v) is 8.03. The average Bonchev–Trinajstić information content (AvgIpc) is 3.16. The fourth-order valence-corrected chi connectivity index (χ4v) is 2.61. The number of anilines is 1. The fourth-order valence-electron chi connectivity index (χ4n) is 2.61. The van der Waals surface area contributed by atoms with Crippen LogP contribution in [-0.2, 0) is 14.3 Å². The second-order valence-electron chi connectivity index (χ2n) is 6.07. The van der Waals surface area contributed by atoms with E-state index in [0.29, 0.717) is 17.6 Å². The SMILES string of the molecule is CC(C)OCC(=O)Nc1ncnc2c1ncn2[C@H]1C[C@H](O)[C@@H](CO)O1. The molecule has 3 atom stereocenters. The smallest absolute Gasteiger partial charge is 0.251 e. The van der Waals surface area contributed by atoms with Crippen LogP contribution in [0.5, 0.6) is 0 Å². The molecule has 25 heavy (non-hydrogen) atoms. The minimum absolute atomic E-state index is 0.0548. The van der Waals surface area contributed by atoms with E-state index < -0.39 is 18.4 Å². The van der Waals surface area contributed by atoms with Crippen molar-refractivity contribution in [2.24, 2.45) is 0 Å². The molecule has 0 bridgehead atoms. The summed E-state index contributed by atoms with van der Waals surface area (Å²) in [5.41, 5.74) is 0.872. The van der Waals surface area contributed by atoms with Gasteiger partial charge in [-0.1, -0.05) is 0 Å². The van der Waals surface area contributed by atoms with Crippen LogP contribution in [0.15, 0.2) is 12.7 Å². The van der Waals surface area contributed by atoms with Gasteiger partial charge in [-0.15, -0.1) is 0 Å². The van der Waals surface area contributed by atoms with Crippen molar-refractivity contribution in [3.05, 3.63) is 12.7 Å². The Bertz CT molecular complexity index is 749. The first-order valence-electron chi connectivity index (χ1n) is 8.03. The molecular weight excluding hydrogens is 330 g/mol. The molecule has 1 aliphatic rings. The second-order valence-corrected chi connectivity index (χ2v) is 6.07. The Morgan fingerprint density at radius 1 is 1.48 bits per heavy atom. The highest BCUT2D eigenvalue weighted by Crippen LogP contribution is 2.31. The molecule has 3 rings (SSSR count). The third kappa shape index (κ3) is 3.76. The van der Waals surface area contributed by atoms with Gasteiger partial charge in [0, 0.05) is 6.42 Å². The zero-order valence-electron chi connectivity index (χ0n) is 14.0. The van der Waals surface area contributed by atoms with Crippen LogP contribution in [0, 0.1) is 0 Å². The molecule has 0 spiro atoms. The number of aliphatic hydroxyl groups excluding tert-OH is 2. The molecule has 2 aromatic rings. The number of nitrogens with zero attached hydrogens (tertiary/aromatic N) is 4. The van der Waals surface area contributed by atoms with Crippen molar-refractivity contribution in [2.45, 2.75) is 44.8 Å². The van der Waals surface area contributed by atoms with E-state index >= 15 is 0 Å². The number of amides is 1. The molecule has 0 unspecified atom stereocenters. The summed E-state index contributed by atoms with van der Waals surface area (Å²) in [6, 6.07) is 0. The van der Waals surface area contributed by atoms with Crippen LogP contribution in [0.2, 0.25) is 0 Å². The lowest BCUT2D eigenvalue weighted by atomic mass is 10.2. The largest absolute Gasteiger partial charge is 0.394 e. The van der Waals surface area contributed by atoms with Crippen molar-refractivity contribution in [2.75, 3.05) is 18.5 Å². The summed E-state index contributed by atoms with van der Waals surface area (Å²) in [4.78, 5) is 24.4. The molecule has 0 aromatic carbocycles. The van der Waals surface area contributed by atoms with Crippen molar-refractivity contribution in [1.29, 1.82) is 0 Å². The molecule has 136 valence electrons. The number of fused-ring (bicyclic) bond motifs is 1. The van der Waals surface area contributed by atoms with E-state index in [2.05, 4.69) is 20.3 Å². The number of carbonyl (C=O) groups excluding carboxylic acids is 1. The van der Waals surface area contributed by atoms with Crippen molar-refractivity contribution in [1.82, 2.24) is 19.5 Å². The van der Waals surface area contributed by atoms with Crippen LogP contribution in [0.4, 0.5) is 5.82 Å². The van der Waals surface area contributed by atoms with Gasteiger partial charge in [-0.3, -0.25) is 9.36 Å². The van der Waals surface area contributed by atoms with E-state index in [0.717, 1.165) is 0 Å². The third-order valence-corrected chi connectivity index (χ3v) is 3.86. The van der Waals surface area contributed by atoms with Gasteiger partial charge >= 0.3 is 0 Å². The Balaban J connectivity index is 1.80. The Morgan fingerprint density at radius 3 is 2.96 bits per heavy atom. The summed E-state index contributed by atoms with van der Waals surface area (Å²) < 4.78 is 12.5. The van der Waals surface area contributed by atoms with Gasteiger partial charge in [0.25, 0.3) is 5.91 Å². The van der Waals surface area contributed by atoms with Crippen LogP contribution in [0.3, 0.4) is 0 Å². The first kappa shape index (κ1) is 17.7. The second kappa shape index (κ2) is 7.40. The number of hydrogen-bond acceptors (Lipinski definition) is 8. The number of ether oxygens (including phenoxy) is 2. The highest BCUT2D eigenvalue weighted by atomic mass is 16.5. The van der Waals surface area contributed by atoms with Gasteiger partial charge in [0.15, 0.2) is 17.0 Å². The maximum Gasteiger partial charge on any atom is 0.251 e. The van der Waals surface area contributed by atoms with Crippen LogP contribution in [0.25, 0.3) is 11.2 Å². The summed E-state index contributed by atoms with van der Waals surface area (Å²) >= 11 is 0. The van der Waals surface area contributed by atoms with E-state index in [1.165, 1.54) is 12.7 Å². The number of carbonyl (C=O) groups is 1. The molecule has 0 radical (unpaired) electrons. The van der Waals surface area contributed by atoms with E-state index in [1.807, 2.05) is 13.8 Å². The number of nitrogens with one attached hydrogen (secondary N) is 1. The van der Waals surface area contributed by atoms with E-state index in [-0.39, 0.29) is 31.0 Å². The lowest BCUT2D eigenvalue weighted by Crippen LogP contribution is -2.24. The van der Waals surface area contributed by atoms with Gasteiger partial charge in [-0.05, 0) is 13.8 Å². The highest BCUT2D eigenvalue weighted by Gasteiger charge is 2.35. The number of aromatic nitrogens is 4. The molecule has 1 amide bonds. The number of imidazole rings is 1. The quantitative estimate of drug-likeness (QED) is 0.654. The molecular formula is C15H21N5O5. The van der Waals surface area contributed by atoms with Crippen LogP contribution in [-0.4, -0.2) is 67.2 Å². The van der Waals surface area contributed by atoms with Gasteiger partial charge in [-0.25, -0.2) is 15.0 Å². The predicted molar refractivity (Wildman–Crippen MR) is 86.7 cm³/mol.